The fraction of sp³-hybridized carbons (Fsp3) is 0.342. The third-order valence-corrected chi connectivity index (χ3v) is 8.76. The summed E-state index contributed by atoms with van der Waals surface area (Å²) in [6.45, 7) is 10.5. The fourth-order valence-corrected chi connectivity index (χ4v) is 6.59. The van der Waals surface area contributed by atoms with Gasteiger partial charge in [0, 0.05) is 41.3 Å². The van der Waals surface area contributed by atoms with Crippen molar-refractivity contribution in [2.45, 2.75) is 71.8 Å². The Morgan fingerprint density at radius 3 is 2.26 bits per heavy atom. The maximum absolute atomic E-state index is 13.6. The Hall–Kier alpha value is -4.25. The van der Waals surface area contributed by atoms with Crippen LogP contribution in [0.5, 0.6) is 11.5 Å². The highest BCUT2D eigenvalue weighted by atomic mass is 16.6. The van der Waals surface area contributed by atoms with Crippen LogP contribution in [0.2, 0.25) is 0 Å². The van der Waals surface area contributed by atoms with Crippen LogP contribution in [-0.2, 0) is 10.3 Å². The number of rotatable bonds is 11. The monoisotopic (exact) mass is 574 g/mol. The zero-order valence-electron chi connectivity index (χ0n) is 25.8. The predicted molar refractivity (Wildman–Crippen MR) is 175 cm³/mol. The smallest absolute Gasteiger partial charge is 0.340 e. The van der Waals surface area contributed by atoms with Crippen molar-refractivity contribution in [3.05, 3.63) is 112 Å². The van der Waals surface area contributed by atoms with Crippen molar-refractivity contribution in [1.82, 2.24) is 0 Å². The van der Waals surface area contributed by atoms with Gasteiger partial charge in [-0.05, 0) is 80.3 Å². The van der Waals surface area contributed by atoms with E-state index in [1.807, 2.05) is 30.3 Å². The van der Waals surface area contributed by atoms with E-state index in [4.69, 9.17) is 9.47 Å². The van der Waals surface area contributed by atoms with Crippen molar-refractivity contribution in [2.75, 3.05) is 23.3 Å². The lowest BCUT2D eigenvalue weighted by Gasteiger charge is -2.40. The fourth-order valence-electron chi connectivity index (χ4n) is 6.59. The van der Waals surface area contributed by atoms with E-state index < -0.39 is 5.60 Å². The Morgan fingerprint density at radius 1 is 0.767 bits per heavy atom. The van der Waals surface area contributed by atoms with E-state index in [1.165, 1.54) is 18.4 Å². The summed E-state index contributed by atoms with van der Waals surface area (Å²) in [5, 5.41) is 3.63. The van der Waals surface area contributed by atoms with Crippen molar-refractivity contribution < 1.29 is 14.3 Å². The summed E-state index contributed by atoms with van der Waals surface area (Å²) in [5.74, 6) is 1.15. The first-order valence-electron chi connectivity index (χ1n) is 15.8. The lowest BCUT2D eigenvalue weighted by Crippen LogP contribution is -2.37. The summed E-state index contributed by atoms with van der Waals surface area (Å²) in [6.07, 6.45) is 6.89. The van der Waals surface area contributed by atoms with Crippen LogP contribution < -0.4 is 15.0 Å². The molecule has 0 radical (unpaired) electrons. The molecule has 4 aromatic carbocycles. The minimum Gasteiger partial charge on any atom is -0.456 e. The van der Waals surface area contributed by atoms with Gasteiger partial charge in [-0.15, -0.1) is 0 Å². The molecule has 5 nitrogen and oxygen atoms in total. The predicted octanol–water partition coefficient (Wildman–Crippen LogP) is 9.80. The molecule has 4 aromatic rings. The molecular weight excluding hydrogens is 532 g/mol. The van der Waals surface area contributed by atoms with E-state index in [0.717, 1.165) is 83.8 Å². The molecule has 1 atom stereocenters. The maximum Gasteiger partial charge on any atom is 0.340 e. The first kappa shape index (κ1) is 28.9. The lowest BCUT2D eigenvalue weighted by molar-refractivity contribution is 0.0226. The van der Waals surface area contributed by atoms with Gasteiger partial charge in [-0.1, -0.05) is 75.9 Å². The van der Waals surface area contributed by atoms with Gasteiger partial charge in [0.2, 0.25) is 0 Å². The average molecular weight is 575 g/mol. The molecule has 1 spiro atoms. The Morgan fingerprint density at radius 2 is 1.51 bits per heavy atom. The third kappa shape index (κ3) is 5.26. The topological polar surface area (TPSA) is 50.8 Å². The van der Waals surface area contributed by atoms with Gasteiger partial charge < -0.3 is 19.7 Å². The van der Waals surface area contributed by atoms with Gasteiger partial charge in [-0.2, -0.15) is 0 Å². The number of carbonyl (C=O) groups is 1. The molecule has 6 rings (SSSR count). The molecule has 5 heteroatoms. The van der Waals surface area contributed by atoms with Crippen LogP contribution in [0.25, 0.3) is 0 Å². The third-order valence-electron chi connectivity index (χ3n) is 8.76. The Bertz CT molecular complexity index is 1630. The molecule has 0 aliphatic carbocycles. The van der Waals surface area contributed by atoms with E-state index in [9.17, 15) is 4.79 Å². The van der Waals surface area contributed by atoms with E-state index in [0.29, 0.717) is 11.3 Å². The van der Waals surface area contributed by atoms with E-state index in [2.05, 4.69) is 86.4 Å². The number of benzene rings is 4. The van der Waals surface area contributed by atoms with Crippen molar-refractivity contribution in [2.24, 2.45) is 0 Å². The van der Waals surface area contributed by atoms with E-state index in [1.54, 1.807) is 0 Å². The number of ether oxygens (including phenoxy) is 2. The molecule has 222 valence electrons. The second-order valence-electron chi connectivity index (χ2n) is 11.9. The molecule has 0 bridgehead atoms. The van der Waals surface area contributed by atoms with Crippen LogP contribution in [0.4, 0.5) is 17.1 Å². The number of anilines is 3. The number of nitrogens with zero attached hydrogens (tertiary/aromatic N) is 1. The summed E-state index contributed by atoms with van der Waals surface area (Å²) in [5.41, 5.74) is 7.38. The molecule has 0 fully saturated rings. The molecule has 0 saturated heterocycles. The van der Waals surface area contributed by atoms with Crippen molar-refractivity contribution in [3.63, 3.8) is 0 Å². The number of hydrogen-bond donors (Lipinski definition) is 1. The number of aryl methyl sites for hydroxylation is 2. The molecular formula is C38H42N2O3. The van der Waals surface area contributed by atoms with Gasteiger partial charge in [-0.3, -0.25) is 0 Å². The maximum atomic E-state index is 13.6. The Balaban J connectivity index is 1.56. The van der Waals surface area contributed by atoms with E-state index in [-0.39, 0.29) is 5.97 Å². The average Bonchev–Trinajstić information content (AvgIpc) is 3.29. The van der Waals surface area contributed by atoms with Crippen LogP contribution in [0.15, 0.2) is 78.9 Å². The van der Waals surface area contributed by atoms with Crippen LogP contribution in [-0.4, -0.2) is 19.1 Å². The number of unbranched alkanes of at least 4 members (excludes halogenated alkanes) is 4. The van der Waals surface area contributed by atoms with Gasteiger partial charge in [-0.25, -0.2) is 4.79 Å². The zero-order chi connectivity index (χ0) is 30.0. The van der Waals surface area contributed by atoms with Gasteiger partial charge in [0.15, 0.2) is 5.60 Å². The lowest BCUT2D eigenvalue weighted by atomic mass is 9.76. The van der Waals surface area contributed by atoms with Gasteiger partial charge in [0.25, 0.3) is 0 Å². The molecule has 2 aliphatic rings. The summed E-state index contributed by atoms with van der Waals surface area (Å²) in [6, 6.07) is 26.6. The number of hydrogen-bond acceptors (Lipinski definition) is 5. The summed E-state index contributed by atoms with van der Waals surface area (Å²) in [4.78, 5) is 16.1. The minimum absolute atomic E-state index is 0.304. The number of carbonyl (C=O) groups excluding carboxylic acids is 1. The molecule has 0 aromatic heterocycles. The Kier molecular flexibility index (Phi) is 8.16. The second-order valence-corrected chi connectivity index (χ2v) is 11.9. The summed E-state index contributed by atoms with van der Waals surface area (Å²) >= 11 is 0. The van der Waals surface area contributed by atoms with Crippen molar-refractivity contribution >= 4 is 23.0 Å². The number of fused-ring (bicyclic) bond motifs is 6. The first-order valence-corrected chi connectivity index (χ1v) is 15.8. The van der Waals surface area contributed by atoms with Crippen LogP contribution in [0, 0.1) is 13.8 Å². The molecule has 1 unspecified atom stereocenters. The highest BCUT2D eigenvalue weighted by molar-refractivity contribution is 5.98. The SMILES string of the molecule is CCCCCN(CCCCC)c1cccc2c1C1(OC(=O)c3ccccc31)c1cc(Nc3cccc(C)c3)c(C)cc1O2. The molecule has 2 aliphatic heterocycles. The summed E-state index contributed by atoms with van der Waals surface area (Å²) in [7, 11) is 0. The minimum atomic E-state index is -1.13. The van der Waals surface area contributed by atoms with Gasteiger partial charge in [0.1, 0.15) is 11.5 Å². The molecule has 2 heterocycles. The Labute approximate surface area is 255 Å². The quantitative estimate of drug-likeness (QED) is 0.143. The normalized spacial score (nSPS) is 16.2. The van der Waals surface area contributed by atoms with Crippen LogP contribution in [0.1, 0.15) is 90.5 Å². The number of esters is 1. The highest BCUT2D eigenvalue weighted by Crippen LogP contribution is 2.59. The van der Waals surface area contributed by atoms with Crippen LogP contribution >= 0.6 is 0 Å². The molecule has 0 saturated carbocycles. The molecule has 1 N–H and O–H groups in total. The van der Waals surface area contributed by atoms with Crippen molar-refractivity contribution in [1.29, 1.82) is 0 Å². The first-order chi connectivity index (χ1) is 21.0. The van der Waals surface area contributed by atoms with Crippen molar-refractivity contribution in [3.8, 4) is 11.5 Å². The highest BCUT2D eigenvalue weighted by Gasteiger charge is 2.55. The van der Waals surface area contributed by atoms with Crippen LogP contribution in [0.3, 0.4) is 0 Å². The van der Waals surface area contributed by atoms with E-state index >= 15 is 0 Å². The van der Waals surface area contributed by atoms with Gasteiger partial charge in [0.05, 0.1) is 11.1 Å². The standard InChI is InChI=1S/C38H42N2O3/c1-5-7-11-21-40(22-12-8-6-2)33-19-14-20-34-36(33)38(30-18-10-9-17-29(30)37(41)43-38)31-25-32(27(4)24-35(31)42-34)39-28-16-13-15-26(3)23-28/h9-10,13-20,23-25,39H,5-8,11-12,21-22H2,1-4H3. The zero-order valence-corrected chi connectivity index (χ0v) is 25.8. The molecule has 0 amide bonds. The molecule has 43 heavy (non-hydrogen) atoms. The largest absolute Gasteiger partial charge is 0.456 e. The van der Waals surface area contributed by atoms with Gasteiger partial charge >= 0.3 is 5.97 Å². The summed E-state index contributed by atoms with van der Waals surface area (Å²) < 4.78 is 13.4. The second kappa shape index (κ2) is 12.2. The number of nitrogens with one attached hydrogen (secondary N) is 1.